The van der Waals surface area contributed by atoms with Gasteiger partial charge in [0.2, 0.25) is 0 Å². The normalized spacial score (nSPS) is 12.3. The highest BCUT2D eigenvalue weighted by Crippen LogP contribution is 2.26. The average molecular weight is 381 g/mol. The van der Waals surface area contributed by atoms with Gasteiger partial charge >= 0.3 is 0 Å². The summed E-state index contributed by atoms with van der Waals surface area (Å²) in [6.45, 7) is 2.02. The molecule has 1 unspecified atom stereocenters. The van der Waals surface area contributed by atoms with E-state index in [1.165, 1.54) is 0 Å². The van der Waals surface area contributed by atoms with Gasteiger partial charge in [-0.15, -0.1) is 5.10 Å². The fourth-order valence-corrected chi connectivity index (χ4v) is 3.00. The molecule has 7 nitrogen and oxygen atoms in total. The van der Waals surface area contributed by atoms with Gasteiger partial charge < -0.3 is 5.11 Å². The number of aromatic nitrogens is 6. The number of rotatable bonds is 5. The molecule has 2 aromatic heterocycles. The maximum absolute atomic E-state index is 9.87. The average Bonchev–Trinajstić information content (AvgIpc) is 3.31. The van der Waals surface area contributed by atoms with Crippen molar-refractivity contribution in [1.82, 2.24) is 30.0 Å². The minimum absolute atomic E-state index is 0.387. The summed E-state index contributed by atoms with van der Waals surface area (Å²) >= 11 is 6.03. The summed E-state index contributed by atoms with van der Waals surface area (Å²) in [4.78, 5) is 0. The number of aliphatic hydroxyl groups is 1. The molecule has 0 radical (unpaired) electrons. The van der Waals surface area contributed by atoms with Crippen molar-refractivity contribution < 1.29 is 5.11 Å². The Kier molecular flexibility index (Phi) is 4.70. The van der Waals surface area contributed by atoms with Gasteiger partial charge in [0.25, 0.3) is 0 Å². The summed E-state index contributed by atoms with van der Waals surface area (Å²) in [6.07, 6.45) is 1.19. The van der Waals surface area contributed by atoms with Crippen LogP contribution < -0.4 is 0 Å². The minimum Gasteiger partial charge on any atom is -0.385 e. The summed E-state index contributed by atoms with van der Waals surface area (Å²) in [7, 11) is 0. The Labute approximate surface area is 160 Å². The van der Waals surface area contributed by atoms with E-state index in [2.05, 4.69) is 15.5 Å². The molecule has 2 heterocycles. The molecule has 0 spiro atoms. The first-order valence-corrected chi connectivity index (χ1v) is 8.83. The highest BCUT2D eigenvalue weighted by atomic mass is 35.5. The van der Waals surface area contributed by atoms with Crippen LogP contribution in [0.4, 0.5) is 0 Å². The molecule has 1 N–H and O–H groups in total. The third-order valence-electron chi connectivity index (χ3n) is 4.18. The zero-order valence-electron chi connectivity index (χ0n) is 14.6. The van der Waals surface area contributed by atoms with Gasteiger partial charge in [-0.2, -0.15) is 5.10 Å². The first kappa shape index (κ1) is 17.4. The zero-order valence-corrected chi connectivity index (χ0v) is 15.3. The molecule has 2 aromatic carbocycles. The number of halogens is 1. The van der Waals surface area contributed by atoms with Crippen LogP contribution in [0.2, 0.25) is 5.02 Å². The Balaban J connectivity index is 1.79. The van der Waals surface area contributed by atoms with E-state index in [0.29, 0.717) is 17.4 Å². The molecule has 0 saturated heterocycles. The lowest BCUT2D eigenvalue weighted by atomic mass is 10.1. The molecule has 0 fully saturated rings. The lowest BCUT2D eigenvalue weighted by Crippen LogP contribution is -2.09. The van der Waals surface area contributed by atoms with E-state index in [4.69, 9.17) is 16.7 Å². The number of benzene rings is 2. The van der Waals surface area contributed by atoms with Gasteiger partial charge in [0.15, 0.2) is 5.82 Å². The SMILES string of the molecule is CC(O)c1nnnn1Cc1cn(-c2ccccc2)nc1-c1ccc(Cl)cc1. The lowest BCUT2D eigenvalue weighted by molar-refractivity contribution is 0.182. The maximum atomic E-state index is 9.87. The molecule has 1 atom stereocenters. The quantitative estimate of drug-likeness (QED) is 0.574. The van der Waals surface area contributed by atoms with E-state index in [1.807, 2.05) is 65.5 Å². The molecule has 0 amide bonds. The van der Waals surface area contributed by atoms with Crippen LogP contribution in [0.25, 0.3) is 16.9 Å². The van der Waals surface area contributed by atoms with E-state index in [9.17, 15) is 5.11 Å². The van der Waals surface area contributed by atoms with Gasteiger partial charge in [-0.3, -0.25) is 0 Å². The summed E-state index contributed by atoms with van der Waals surface area (Å²) in [6, 6.07) is 17.4. The number of para-hydroxylation sites is 1. The molecule has 27 heavy (non-hydrogen) atoms. The molecule has 8 heteroatoms. The third-order valence-corrected chi connectivity index (χ3v) is 4.43. The van der Waals surface area contributed by atoms with Crippen LogP contribution in [-0.2, 0) is 6.54 Å². The highest BCUT2D eigenvalue weighted by molar-refractivity contribution is 6.30. The predicted octanol–water partition coefficient (Wildman–Crippen LogP) is 3.28. The zero-order chi connectivity index (χ0) is 18.8. The molecule has 0 saturated carbocycles. The molecule has 4 rings (SSSR count). The van der Waals surface area contributed by atoms with Crippen molar-refractivity contribution in [2.24, 2.45) is 0 Å². The first-order valence-electron chi connectivity index (χ1n) is 8.46. The molecule has 4 aromatic rings. The van der Waals surface area contributed by atoms with Crippen LogP contribution in [0.15, 0.2) is 60.8 Å². The second-order valence-corrected chi connectivity index (χ2v) is 6.60. The van der Waals surface area contributed by atoms with Crippen molar-refractivity contribution in [2.75, 3.05) is 0 Å². The van der Waals surface area contributed by atoms with Gasteiger partial charge in [0, 0.05) is 22.3 Å². The standard InChI is InChI=1S/C19H17ClN6O/c1-13(27)19-21-23-24-26(19)12-15-11-25(17-5-3-2-4-6-17)22-18(15)14-7-9-16(20)10-8-14/h2-11,13,27H,12H2,1H3. The monoisotopic (exact) mass is 380 g/mol. The molecule has 0 aliphatic rings. The minimum atomic E-state index is -0.761. The summed E-state index contributed by atoms with van der Waals surface area (Å²) in [5, 5.41) is 26.9. The highest BCUT2D eigenvalue weighted by Gasteiger charge is 2.17. The molecule has 136 valence electrons. The van der Waals surface area contributed by atoms with Crippen molar-refractivity contribution in [3.8, 4) is 16.9 Å². The Morgan fingerprint density at radius 1 is 1.07 bits per heavy atom. The molecule has 0 aliphatic carbocycles. The van der Waals surface area contributed by atoms with Gasteiger partial charge in [-0.25, -0.2) is 9.36 Å². The van der Waals surface area contributed by atoms with Crippen LogP contribution in [0.3, 0.4) is 0 Å². The van der Waals surface area contributed by atoms with Crippen LogP contribution in [0, 0.1) is 0 Å². The maximum Gasteiger partial charge on any atom is 0.180 e. The second-order valence-electron chi connectivity index (χ2n) is 6.16. The van der Waals surface area contributed by atoms with Gasteiger partial charge in [-0.05, 0) is 41.6 Å². The Morgan fingerprint density at radius 2 is 1.81 bits per heavy atom. The predicted molar refractivity (Wildman–Crippen MR) is 102 cm³/mol. The van der Waals surface area contributed by atoms with Crippen molar-refractivity contribution in [1.29, 1.82) is 0 Å². The van der Waals surface area contributed by atoms with Gasteiger partial charge in [0.1, 0.15) is 6.10 Å². The second kappa shape index (κ2) is 7.30. The number of aliphatic hydroxyl groups excluding tert-OH is 1. The van der Waals surface area contributed by atoms with E-state index in [-0.39, 0.29) is 0 Å². The number of hydrogen-bond acceptors (Lipinski definition) is 5. The Bertz CT molecular complexity index is 1040. The number of nitrogens with zero attached hydrogens (tertiary/aromatic N) is 6. The van der Waals surface area contributed by atoms with Crippen LogP contribution >= 0.6 is 11.6 Å². The third kappa shape index (κ3) is 3.60. The Hall–Kier alpha value is -3.03. The van der Waals surface area contributed by atoms with E-state index < -0.39 is 6.10 Å². The van der Waals surface area contributed by atoms with Crippen LogP contribution in [0.1, 0.15) is 24.4 Å². The Morgan fingerprint density at radius 3 is 2.52 bits per heavy atom. The van der Waals surface area contributed by atoms with E-state index in [0.717, 1.165) is 22.5 Å². The molecule has 0 aliphatic heterocycles. The van der Waals surface area contributed by atoms with Crippen LogP contribution in [-0.4, -0.2) is 35.1 Å². The van der Waals surface area contributed by atoms with Crippen LogP contribution in [0.5, 0.6) is 0 Å². The van der Waals surface area contributed by atoms with Crippen molar-refractivity contribution in [3.63, 3.8) is 0 Å². The topological polar surface area (TPSA) is 81.7 Å². The summed E-state index contributed by atoms with van der Waals surface area (Å²) in [5.41, 5.74) is 3.63. The van der Waals surface area contributed by atoms with Crippen molar-refractivity contribution in [2.45, 2.75) is 19.6 Å². The number of tetrazole rings is 1. The van der Waals surface area contributed by atoms with Crippen molar-refractivity contribution >= 4 is 11.6 Å². The van der Waals surface area contributed by atoms with E-state index in [1.54, 1.807) is 11.6 Å². The summed E-state index contributed by atoms with van der Waals surface area (Å²) in [5.74, 6) is 0.407. The molecular formula is C19H17ClN6O. The fraction of sp³-hybridized carbons (Fsp3) is 0.158. The smallest absolute Gasteiger partial charge is 0.180 e. The van der Waals surface area contributed by atoms with E-state index >= 15 is 0 Å². The first-order chi connectivity index (χ1) is 13.1. The van der Waals surface area contributed by atoms with Gasteiger partial charge in [-0.1, -0.05) is 41.9 Å². The van der Waals surface area contributed by atoms with Gasteiger partial charge in [0.05, 0.1) is 17.9 Å². The molecule has 0 bridgehead atoms. The molecular weight excluding hydrogens is 364 g/mol. The number of hydrogen-bond donors (Lipinski definition) is 1. The fourth-order valence-electron chi connectivity index (χ4n) is 2.87. The van der Waals surface area contributed by atoms with Crippen molar-refractivity contribution in [3.05, 3.63) is 77.2 Å². The largest absolute Gasteiger partial charge is 0.385 e. The lowest BCUT2D eigenvalue weighted by Gasteiger charge is -2.06. The summed E-state index contributed by atoms with van der Waals surface area (Å²) < 4.78 is 3.40.